The molecule has 104 valence electrons. The third-order valence-electron chi connectivity index (χ3n) is 3.18. The number of nitrogens with two attached hydrogens (primary N) is 1. The van der Waals surface area contributed by atoms with Gasteiger partial charge in [-0.3, -0.25) is 4.79 Å². The zero-order chi connectivity index (χ0) is 14.7. The van der Waals surface area contributed by atoms with Crippen LogP contribution in [-0.2, 0) is 0 Å². The Morgan fingerprint density at radius 2 is 1.85 bits per heavy atom. The van der Waals surface area contributed by atoms with Crippen molar-refractivity contribution in [1.82, 2.24) is 5.32 Å². The highest BCUT2D eigenvalue weighted by molar-refractivity contribution is 6.31. The summed E-state index contributed by atoms with van der Waals surface area (Å²) in [7, 11) is 0. The average molecular weight is 289 g/mol. The van der Waals surface area contributed by atoms with Gasteiger partial charge in [0, 0.05) is 10.7 Å². The number of carbonyl (C=O) groups is 1. The Bertz CT molecular complexity index is 623. The van der Waals surface area contributed by atoms with E-state index in [0.29, 0.717) is 16.3 Å². The molecule has 0 saturated carbocycles. The molecule has 0 aliphatic heterocycles. The normalized spacial score (nSPS) is 11.9. The fourth-order valence-electron chi connectivity index (χ4n) is 1.95. The van der Waals surface area contributed by atoms with Crippen LogP contribution in [0.4, 0.5) is 5.69 Å². The van der Waals surface area contributed by atoms with Crippen LogP contribution in [0.3, 0.4) is 0 Å². The maximum absolute atomic E-state index is 12.2. The van der Waals surface area contributed by atoms with Crippen LogP contribution in [0.15, 0.2) is 42.5 Å². The Labute approximate surface area is 123 Å². The summed E-state index contributed by atoms with van der Waals surface area (Å²) in [5.41, 5.74) is 8.87. The first kappa shape index (κ1) is 14.4. The molecule has 0 spiro atoms. The number of carbonyl (C=O) groups excluding carboxylic acids is 1. The van der Waals surface area contributed by atoms with Gasteiger partial charge in [0.2, 0.25) is 0 Å². The summed E-state index contributed by atoms with van der Waals surface area (Å²) >= 11 is 5.83. The summed E-state index contributed by atoms with van der Waals surface area (Å²) in [5.74, 6) is -0.202. The summed E-state index contributed by atoms with van der Waals surface area (Å²) in [6, 6.07) is 12.8. The lowest BCUT2D eigenvalue weighted by molar-refractivity contribution is 0.0941. The highest BCUT2D eigenvalue weighted by atomic mass is 35.5. The Hall–Kier alpha value is -2.00. The van der Waals surface area contributed by atoms with Crippen molar-refractivity contribution in [2.45, 2.75) is 19.9 Å². The first-order valence-electron chi connectivity index (χ1n) is 6.40. The first-order valence-corrected chi connectivity index (χ1v) is 6.77. The zero-order valence-corrected chi connectivity index (χ0v) is 12.2. The van der Waals surface area contributed by atoms with Gasteiger partial charge in [0.25, 0.3) is 5.91 Å². The number of anilines is 1. The second-order valence-corrected chi connectivity index (χ2v) is 5.27. The Balaban J connectivity index is 2.13. The quantitative estimate of drug-likeness (QED) is 0.846. The van der Waals surface area contributed by atoms with E-state index in [1.807, 2.05) is 38.1 Å². The minimum Gasteiger partial charge on any atom is -0.398 e. The fourth-order valence-corrected chi connectivity index (χ4v) is 2.13. The molecule has 1 amide bonds. The van der Waals surface area contributed by atoms with Crippen molar-refractivity contribution < 1.29 is 4.79 Å². The maximum Gasteiger partial charge on any atom is 0.253 e. The second kappa shape index (κ2) is 5.97. The van der Waals surface area contributed by atoms with Gasteiger partial charge in [-0.25, -0.2) is 0 Å². The van der Waals surface area contributed by atoms with Crippen molar-refractivity contribution in [2.24, 2.45) is 0 Å². The standard InChI is InChI=1S/C16H17ClN2O/c1-10-3-5-12(6-4-10)11(2)19-16(20)14-8-7-13(17)9-15(14)18/h3-9,11H,18H2,1-2H3,(H,19,20)/t11-/m0/s1. The summed E-state index contributed by atoms with van der Waals surface area (Å²) in [4.78, 5) is 12.2. The number of nitrogens with one attached hydrogen (secondary N) is 1. The van der Waals surface area contributed by atoms with Crippen LogP contribution in [-0.4, -0.2) is 5.91 Å². The van der Waals surface area contributed by atoms with Crippen LogP contribution in [0.2, 0.25) is 5.02 Å². The molecule has 3 N–H and O–H groups in total. The van der Waals surface area contributed by atoms with Crippen LogP contribution in [0.1, 0.15) is 34.5 Å². The van der Waals surface area contributed by atoms with Crippen molar-refractivity contribution in [3.8, 4) is 0 Å². The molecule has 2 aromatic carbocycles. The van der Waals surface area contributed by atoms with Gasteiger partial charge in [-0.2, -0.15) is 0 Å². The van der Waals surface area contributed by atoms with Gasteiger partial charge < -0.3 is 11.1 Å². The van der Waals surface area contributed by atoms with Crippen LogP contribution < -0.4 is 11.1 Å². The van der Waals surface area contributed by atoms with Gasteiger partial charge in [0.15, 0.2) is 0 Å². The molecule has 20 heavy (non-hydrogen) atoms. The number of halogens is 1. The van der Waals surface area contributed by atoms with E-state index in [-0.39, 0.29) is 11.9 Å². The van der Waals surface area contributed by atoms with Crippen molar-refractivity contribution in [1.29, 1.82) is 0 Å². The van der Waals surface area contributed by atoms with Crippen molar-refractivity contribution in [3.63, 3.8) is 0 Å². The van der Waals surface area contributed by atoms with Crippen LogP contribution in [0, 0.1) is 6.92 Å². The highest BCUT2D eigenvalue weighted by Crippen LogP contribution is 2.19. The molecule has 0 aliphatic rings. The lowest BCUT2D eigenvalue weighted by atomic mass is 10.1. The van der Waals surface area contributed by atoms with Crippen LogP contribution in [0.25, 0.3) is 0 Å². The molecular formula is C16H17ClN2O. The zero-order valence-electron chi connectivity index (χ0n) is 11.5. The van der Waals surface area contributed by atoms with Gasteiger partial charge in [0.1, 0.15) is 0 Å². The van der Waals surface area contributed by atoms with Gasteiger partial charge in [0.05, 0.1) is 11.6 Å². The number of rotatable bonds is 3. The SMILES string of the molecule is Cc1ccc([C@H](C)NC(=O)c2ccc(Cl)cc2N)cc1. The van der Waals surface area contributed by atoms with E-state index in [2.05, 4.69) is 5.32 Å². The topological polar surface area (TPSA) is 55.1 Å². The molecule has 0 aliphatic carbocycles. The summed E-state index contributed by atoms with van der Waals surface area (Å²) in [5, 5.41) is 3.45. The molecule has 4 heteroatoms. The fraction of sp³-hybridized carbons (Fsp3) is 0.188. The Morgan fingerprint density at radius 1 is 1.20 bits per heavy atom. The van der Waals surface area contributed by atoms with E-state index in [9.17, 15) is 4.79 Å². The smallest absolute Gasteiger partial charge is 0.253 e. The van der Waals surface area contributed by atoms with Gasteiger partial charge in [-0.05, 0) is 37.6 Å². The summed E-state index contributed by atoms with van der Waals surface area (Å²) in [6.45, 7) is 3.97. The van der Waals surface area contributed by atoms with E-state index < -0.39 is 0 Å². The molecule has 0 heterocycles. The third kappa shape index (κ3) is 3.31. The van der Waals surface area contributed by atoms with Crippen molar-refractivity contribution in [3.05, 3.63) is 64.2 Å². The van der Waals surface area contributed by atoms with E-state index in [1.165, 1.54) is 5.56 Å². The van der Waals surface area contributed by atoms with Gasteiger partial charge in [-0.1, -0.05) is 41.4 Å². The minimum atomic E-state index is -0.202. The van der Waals surface area contributed by atoms with Crippen molar-refractivity contribution >= 4 is 23.2 Å². The number of aryl methyl sites for hydroxylation is 1. The van der Waals surface area contributed by atoms with Gasteiger partial charge in [-0.15, -0.1) is 0 Å². The minimum absolute atomic E-state index is 0.0850. The maximum atomic E-state index is 12.2. The average Bonchev–Trinajstić information content (AvgIpc) is 2.39. The second-order valence-electron chi connectivity index (χ2n) is 4.84. The molecule has 0 saturated heterocycles. The lowest BCUT2D eigenvalue weighted by Gasteiger charge is -2.15. The molecule has 3 nitrogen and oxygen atoms in total. The number of nitrogen functional groups attached to an aromatic ring is 1. The highest BCUT2D eigenvalue weighted by Gasteiger charge is 2.13. The third-order valence-corrected chi connectivity index (χ3v) is 3.42. The van der Waals surface area contributed by atoms with Crippen molar-refractivity contribution in [2.75, 3.05) is 5.73 Å². The Morgan fingerprint density at radius 3 is 2.45 bits per heavy atom. The Kier molecular flexibility index (Phi) is 4.30. The predicted molar refractivity (Wildman–Crippen MR) is 82.9 cm³/mol. The largest absolute Gasteiger partial charge is 0.398 e. The molecule has 2 rings (SSSR count). The number of hydrogen-bond acceptors (Lipinski definition) is 2. The van der Waals surface area contributed by atoms with E-state index in [4.69, 9.17) is 17.3 Å². The van der Waals surface area contributed by atoms with E-state index in [0.717, 1.165) is 5.56 Å². The van der Waals surface area contributed by atoms with Gasteiger partial charge >= 0.3 is 0 Å². The summed E-state index contributed by atoms with van der Waals surface area (Å²) < 4.78 is 0. The van der Waals surface area contributed by atoms with Crippen LogP contribution in [0.5, 0.6) is 0 Å². The number of amides is 1. The molecule has 0 fully saturated rings. The van der Waals surface area contributed by atoms with E-state index in [1.54, 1.807) is 18.2 Å². The molecule has 1 atom stereocenters. The van der Waals surface area contributed by atoms with Crippen LogP contribution >= 0.6 is 11.6 Å². The molecule has 2 aromatic rings. The first-order chi connectivity index (χ1) is 9.47. The predicted octanol–water partition coefficient (Wildman–Crippen LogP) is 3.72. The number of hydrogen-bond donors (Lipinski definition) is 2. The molecule has 0 radical (unpaired) electrons. The van der Waals surface area contributed by atoms with E-state index >= 15 is 0 Å². The molecule has 0 bridgehead atoms. The lowest BCUT2D eigenvalue weighted by Crippen LogP contribution is -2.27. The number of benzene rings is 2. The monoisotopic (exact) mass is 288 g/mol. The molecular weight excluding hydrogens is 272 g/mol. The molecule has 0 unspecified atom stereocenters. The molecule has 0 aromatic heterocycles. The summed E-state index contributed by atoms with van der Waals surface area (Å²) in [6.07, 6.45) is 0.